The molecule has 0 bridgehead atoms. The van der Waals surface area contributed by atoms with E-state index in [4.69, 9.17) is 21.3 Å². The van der Waals surface area contributed by atoms with Crippen LogP contribution in [0.5, 0.6) is 0 Å². The Labute approximate surface area is 215 Å². The molecular weight excluding hydrogens is 482 g/mol. The van der Waals surface area contributed by atoms with Gasteiger partial charge in [0.05, 0.1) is 36.3 Å². The zero-order valence-corrected chi connectivity index (χ0v) is 21.6. The summed E-state index contributed by atoms with van der Waals surface area (Å²) < 4.78 is 9.16. The number of fused-ring (bicyclic) bond motifs is 3. The van der Waals surface area contributed by atoms with Crippen LogP contribution in [0.4, 0.5) is 10.5 Å². The number of carbonyl (C=O) groups excluding carboxylic acids is 1. The van der Waals surface area contributed by atoms with Gasteiger partial charge in [-0.3, -0.25) is 14.4 Å². The SMILES string of the molecule is COC(=O)N1c2ccc3c(nc([C@@H](C)Cn4ccc(Cl)n4)n3[C@@H]3CCC[C@@H](C(=O)O)C3)c2CC[C@@H]1C. The van der Waals surface area contributed by atoms with Gasteiger partial charge in [0.1, 0.15) is 5.82 Å². The molecule has 9 nitrogen and oxygen atoms in total. The molecule has 0 spiro atoms. The number of carboxylic acid groups (broad SMARTS) is 1. The van der Waals surface area contributed by atoms with Gasteiger partial charge in [-0.15, -0.1) is 0 Å². The smallest absolute Gasteiger partial charge is 0.414 e. The largest absolute Gasteiger partial charge is 0.481 e. The molecule has 192 valence electrons. The van der Waals surface area contributed by atoms with E-state index in [-0.39, 0.29) is 30.0 Å². The molecule has 1 aliphatic carbocycles. The maximum Gasteiger partial charge on any atom is 0.414 e. The average molecular weight is 514 g/mol. The quantitative estimate of drug-likeness (QED) is 0.489. The highest BCUT2D eigenvalue weighted by atomic mass is 35.5. The Morgan fingerprint density at radius 2 is 2.06 bits per heavy atom. The Morgan fingerprint density at radius 1 is 1.25 bits per heavy atom. The van der Waals surface area contributed by atoms with Crippen molar-refractivity contribution in [3.8, 4) is 0 Å². The van der Waals surface area contributed by atoms with Gasteiger partial charge in [0.2, 0.25) is 0 Å². The standard InChI is InChI=1S/C26H32ClN5O4/c1-15(14-30-12-11-22(27)29-30)24-28-23-19-8-7-16(2)31(26(35)36-3)20(19)9-10-21(23)32(24)18-6-4-5-17(13-18)25(33)34/h9-12,15-18H,4-8,13-14H2,1-3H3,(H,33,34)/t15-,16-,17+,18+/m0/s1. The van der Waals surface area contributed by atoms with E-state index >= 15 is 0 Å². The van der Waals surface area contributed by atoms with Crippen molar-refractivity contribution in [2.75, 3.05) is 12.0 Å². The summed E-state index contributed by atoms with van der Waals surface area (Å²) in [4.78, 5) is 31.4. The molecule has 1 aliphatic heterocycles. The first-order chi connectivity index (χ1) is 17.3. The van der Waals surface area contributed by atoms with E-state index in [1.54, 1.807) is 11.0 Å². The van der Waals surface area contributed by atoms with Crippen LogP contribution in [0.25, 0.3) is 11.0 Å². The van der Waals surface area contributed by atoms with E-state index in [9.17, 15) is 14.7 Å². The summed E-state index contributed by atoms with van der Waals surface area (Å²) in [6, 6.07) is 5.85. The number of benzene rings is 1. The zero-order chi connectivity index (χ0) is 25.6. The fourth-order valence-electron chi connectivity index (χ4n) is 5.95. The van der Waals surface area contributed by atoms with Crippen molar-refractivity contribution < 1.29 is 19.4 Å². The Morgan fingerprint density at radius 3 is 2.75 bits per heavy atom. The van der Waals surface area contributed by atoms with Crippen molar-refractivity contribution in [1.29, 1.82) is 0 Å². The summed E-state index contributed by atoms with van der Waals surface area (Å²) >= 11 is 6.04. The number of amides is 1. The van der Waals surface area contributed by atoms with E-state index in [0.717, 1.165) is 53.8 Å². The Bertz CT molecular complexity index is 1300. The van der Waals surface area contributed by atoms with E-state index in [2.05, 4.69) is 16.6 Å². The highest BCUT2D eigenvalue weighted by Crippen LogP contribution is 2.41. The first-order valence-electron chi connectivity index (χ1n) is 12.6. The predicted molar refractivity (Wildman–Crippen MR) is 137 cm³/mol. The molecule has 1 aromatic carbocycles. The number of hydrogen-bond donors (Lipinski definition) is 1. The number of anilines is 1. The highest BCUT2D eigenvalue weighted by molar-refractivity contribution is 6.29. The number of methoxy groups -OCH3 is 1. The van der Waals surface area contributed by atoms with Gasteiger partial charge in [-0.25, -0.2) is 9.78 Å². The summed E-state index contributed by atoms with van der Waals surface area (Å²) in [6.07, 6.45) is 6.16. The summed E-state index contributed by atoms with van der Waals surface area (Å²) in [5, 5.41) is 14.5. The van der Waals surface area contributed by atoms with Gasteiger partial charge in [-0.1, -0.05) is 24.9 Å². The summed E-state index contributed by atoms with van der Waals surface area (Å²) in [6.45, 7) is 4.73. The van der Waals surface area contributed by atoms with Gasteiger partial charge in [-0.05, 0) is 57.2 Å². The highest BCUT2D eigenvalue weighted by Gasteiger charge is 2.35. The summed E-state index contributed by atoms with van der Waals surface area (Å²) in [7, 11) is 1.40. The lowest BCUT2D eigenvalue weighted by Gasteiger charge is -2.34. The third-order valence-electron chi connectivity index (χ3n) is 7.72. The zero-order valence-electron chi connectivity index (χ0n) is 20.9. The van der Waals surface area contributed by atoms with Gasteiger partial charge < -0.3 is 14.4 Å². The van der Waals surface area contributed by atoms with Crippen molar-refractivity contribution in [3.63, 3.8) is 0 Å². The van der Waals surface area contributed by atoms with Crippen molar-refractivity contribution in [1.82, 2.24) is 19.3 Å². The monoisotopic (exact) mass is 513 g/mol. The summed E-state index contributed by atoms with van der Waals surface area (Å²) in [5.41, 5.74) is 3.74. The first-order valence-corrected chi connectivity index (χ1v) is 13.0. The molecule has 2 aromatic heterocycles. The summed E-state index contributed by atoms with van der Waals surface area (Å²) in [5.74, 6) is -0.176. The second kappa shape index (κ2) is 9.76. The Balaban J connectivity index is 1.64. The van der Waals surface area contributed by atoms with Crippen molar-refractivity contribution >= 4 is 40.4 Å². The average Bonchev–Trinajstić information content (AvgIpc) is 3.46. The molecule has 1 amide bonds. The molecule has 4 atom stereocenters. The number of imidazole rings is 1. The first kappa shape index (κ1) is 24.6. The normalized spacial score (nSPS) is 22.9. The number of hydrogen-bond acceptors (Lipinski definition) is 5. The molecule has 10 heteroatoms. The number of aromatic nitrogens is 4. The van der Waals surface area contributed by atoms with Crippen LogP contribution in [0.2, 0.25) is 5.15 Å². The van der Waals surface area contributed by atoms with E-state index in [1.807, 2.05) is 29.9 Å². The lowest BCUT2D eigenvalue weighted by molar-refractivity contribution is -0.143. The topological polar surface area (TPSA) is 102 Å². The van der Waals surface area contributed by atoms with Crippen LogP contribution < -0.4 is 4.90 Å². The van der Waals surface area contributed by atoms with Crippen molar-refractivity contribution in [2.45, 2.75) is 76.9 Å². The minimum absolute atomic E-state index is 0.00782. The number of ether oxygens (including phenoxy) is 1. The van der Waals surface area contributed by atoms with Gasteiger partial charge in [0.25, 0.3) is 0 Å². The van der Waals surface area contributed by atoms with Gasteiger partial charge in [0.15, 0.2) is 5.15 Å². The van der Waals surface area contributed by atoms with E-state index in [1.165, 1.54) is 7.11 Å². The third-order valence-corrected chi connectivity index (χ3v) is 7.93. The number of nitrogens with zero attached hydrogens (tertiary/aromatic N) is 5. The molecule has 0 unspecified atom stereocenters. The fourth-order valence-corrected chi connectivity index (χ4v) is 6.10. The van der Waals surface area contributed by atoms with Gasteiger partial charge in [0, 0.05) is 29.8 Å². The number of carboxylic acids is 1. The predicted octanol–water partition coefficient (Wildman–Crippen LogP) is 5.41. The van der Waals surface area contributed by atoms with Crippen LogP contribution in [-0.4, -0.2) is 49.7 Å². The van der Waals surface area contributed by atoms with E-state index < -0.39 is 5.97 Å². The number of halogens is 1. The number of carbonyl (C=O) groups is 2. The molecule has 1 fully saturated rings. The molecular formula is C26H32ClN5O4. The molecule has 3 heterocycles. The second-order valence-electron chi connectivity index (χ2n) is 10.1. The number of aryl methyl sites for hydroxylation is 1. The van der Waals surface area contributed by atoms with Crippen LogP contribution in [0.15, 0.2) is 24.4 Å². The number of rotatable bonds is 5. The molecule has 0 saturated heterocycles. The Kier molecular flexibility index (Phi) is 6.68. The van der Waals surface area contributed by atoms with Crippen LogP contribution >= 0.6 is 11.6 Å². The van der Waals surface area contributed by atoms with Gasteiger partial charge >= 0.3 is 12.1 Å². The molecule has 1 saturated carbocycles. The molecule has 3 aromatic rings. The fraction of sp³-hybridized carbons (Fsp3) is 0.538. The van der Waals surface area contributed by atoms with Crippen LogP contribution in [0.1, 0.15) is 69.3 Å². The minimum Gasteiger partial charge on any atom is -0.481 e. The maximum absolute atomic E-state index is 12.6. The third kappa shape index (κ3) is 4.34. The van der Waals surface area contributed by atoms with Crippen molar-refractivity contribution in [2.24, 2.45) is 5.92 Å². The minimum atomic E-state index is -0.731. The second-order valence-corrected chi connectivity index (χ2v) is 10.5. The lowest BCUT2D eigenvalue weighted by Crippen LogP contribution is -2.42. The Hall–Kier alpha value is -3.07. The molecule has 0 radical (unpaired) electrons. The molecule has 36 heavy (non-hydrogen) atoms. The van der Waals surface area contributed by atoms with Gasteiger partial charge in [-0.2, -0.15) is 5.10 Å². The number of aliphatic carboxylic acids is 1. The molecule has 2 aliphatic rings. The molecule has 5 rings (SSSR count). The molecule has 1 N–H and O–H groups in total. The lowest BCUT2D eigenvalue weighted by atomic mass is 9.85. The van der Waals surface area contributed by atoms with Crippen molar-refractivity contribution in [3.05, 3.63) is 40.9 Å². The maximum atomic E-state index is 12.6. The van der Waals surface area contributed by atoms with Crippen LogP contribution in [0, 0.1) is 5.92 Å². The van der Waals surface area contributed by atoms with Crippen LogP contribution in [0.3, 0.4) is 0 Å². The van der Waals surface area contributed by atoms with Crippen LogP contribution in [-0.2, 0) is 22.5 Å². The van der Waals surface area contributed by atoms with E-state index in [0.29, 0.717) is 24.5 Å².